The van der Waals surface area contributed by atoms with Crippen LogP contribution in [-0.2, 0) is 0 Å². The average molecular weight is 308 g/mol. The first kappa shape index (κ1) is 25.4. The van der Waals surface area contributed by atoms with Crippen molar-refractivity contribution in [2.24, 2.45) is 10.9 Å². The summed E-state index contributed by atoms with van der Waals surface area (Å²) in [7, 11) is 0. The highest BCUT2D eigenvalue weighted by molar-refractivity contribution is 5.55. The van der Waals surface area contributed by atoms with Crippen LogP contribution in [0.25, 0.3) is 0 Å². The Balaban J connectivity index is -0.000000535. The van der Waals surface area contributed by atoms with Crippen molar-refractivity contribution in [2.45, 2.75) is 69.2 Å². The Kier molecular flexibility index (Phi) is 22.4. The van der Waals surface area contributed by atoms with E-state index in [1.807, 2.05) is 78.8 Å². The predicted octanol–water partition coefficient (Wildman–Crippen LogP) is 7.04. The van der Waals surface area contributed by atoms with E-state index in [-0.39, 0.29) is 0 Å². The van der Waals surface area contributed by atoms with Gasteiger partial charge in [-0.1, -0.05) is 73.1 Å². The number of allylic oxidation sites excluding steroid dienone is 1. The lowest BCUT2D eigenvalue weighted by molar-refractivity contribution is 0.415. The number of aryl methyl sites for hydroxylation is 1. The summed E-state index contributed by atoms with van der Waals surface area (Å²) < 4.78 is 5.68. The van der Waals surface area contributed by atoms with E-state index in [1.165, 1.54) is 5.56 Å². The van der Waals surface area contributed by atoms with Crippen LogP contribution >= 0.6 is 0 Å². The van der Waals surface area contributed by atoms with Gasteiger partial charge in [0.2, 0.25) is 5.88 Å². The molecule has 0 unspecified atom stereocenters. The molecule has 22 heavy (non-hydrogen) atoms. The quantitative estimate of drug-likeness (QED) is 0.432. The van der Waals surface area contributed by atoms with Crippen LogP contribution in [0.4, 0.5) is 0 Å². The Labute approximate surface area is 139 Å². The molecule has 0 N–H and O–H groups in total. The molecule has 0 fully saturated rings. The smallest absolute Gasteiger partial charge is 0.215 e. The van der Waals surface area contributed by atoms with Crippen LogP contribution in [-0.4, -0.2) is 6.21 Å². The van der Waals surface area contributed by atoms with Gasteiger partial charge in [0, 0.05) is 6.21 Å². The van der Waals surface area contributed by atoms with Gasteiger partial charge in [-0.2, -0.15) is 0 Å². The lowest BCUT2D eigenvalue weighted by Gasteiger charge is -2.07. The number of nitrogens with zero attached hydrogens (tertiary/aromatic N) is 1. The normalized spacial score (nSPS) is 9.86. The van der Waals surface area contributed by atoms with Gasteiger partial charge in [0.15, 0.2) is 0 Å². The molecule has 0 aromatic heterocycles. The Bertz CT molecular complexity index is 375. The van der Waals surface area contributed by atoms with E-state index in [1.54, 1.807) is 6.21 Å². The highest BCUT2D eigenvalue weighted by atomic mass is 16.5. The first-order valence-corrected chi connectivity index (χ1v) is 8.57. The molecule has 0 bridgehead atoms. The van der Waals surface area contributed by atoms with Gasteiger partial charge < -0.3 is 4.74 Å². The number of aliphatic imine (C=N–C) groups is 1. The minimum atomic E-state index is 0.421. The molecular weight excluding hydrogens is 270 g/mol. The summed E-state index contributed by atoms with van der Waals surface area (Å²) >= 11 is 0. The molecule has 0 heterocycles. The second kappa shape index (κ2) is 19.4. The topological polar surface area (TPSA) is 21.6 Å². The highest BCUT2D eigenvalue weighted by Gasteiger charge is 1.99. The fraction of sp³-hybridized carbons (Fsp3) is 0.550. The van der Waals surface area contributed by atoms with E-state index in [2.05, 4.69) is 25.8 Å². The van der Waals surface area contributed by atoms with Crippen molar-refractivity contribution in [3.8, 4) is 5.75 Å². The van der Waals surface area contributed by atoms with Gasteiger partial charge in [-0.05, 0) is 38.0 Å². The molecule has 0 saturated heterocycles. The largest absolute Gasteiger partial charge is 0.439 e. The fourth-order valence-electron chi connectivity index (χ4n) is 1.24. The number of benzene rings is 1. The Morgan fingerprint density at radius 2 is 1.41 bits per heavy atom. The molecule has 0 aliphatic heterocycles. The van der Waals surface area contributed by atoms with Gasteiger partial charge in [-0.25, -0.2) is 4.99 Å². The van der Waals surface area contributed by atoms with Crippen LogP contribution in [0.15, 0.2) is 41.2 Å². The summed E-state index contributed by atoms with van der Waals surface area (Å²) in [5.74, 6) is 1.90. The van der Waals surface area contributed by atoms with Gasteiger partial charge in [0.25, 0.3) is 0 Å². The standard InChI is InChI=1S/C14H19NO.3C2H6/c1-5-15-14(10-11(2)3)16-13-8-6-12(4)7-9-13;3*1-2/h5-11H,1-4H3;3*1-2H3/b14-10+,15-5-;;;. The van der Waals surface area contributed by atoms with Crippen LogP contribution < -0.4 is 4.74 Å². The molecule has 0 aliphatic rings. The molecular formula is C20H37NO. The number of ether oxygens (including phenoxy) is 1. The first-order chi connectivity index (χ1) is 10.6. The molecule has 2 nitrogen and oxygen atoms in total. The van der Waals surface area contributed by atoms with E-state index in [0.717, 1.165) is 5.75 Å². The number of hydrogen-bond donors (Lipinski definition) is 0. The van der Waals surface area contributed by atoms with Crippen LogP contribution in [0.3, 0.4) is 0 Å². The first-order valence-electron chi connectivity index (χ1n) is 8.57. The maximum Gasteiger partial charge on any atom is 0.215 e. The summed E-state index contributed by atoms with van der Waals surface area (Å²) in [6, 6.07) is 7.96. The molecule has 0 saturated carbocycles. The zero-order valence-corrected chi connectivity index (χ0v) is 16.4. The van der Waals surface area contributed by atoms with Crippen molar-refractivity contribution in [3.63, 3.8) is 0 Å². The van der Waals surface area contributed by atoms with Crippen molar-refractivity contribution < 1.29 is 4.74 Å². The van der Waals surface area contributed by atoms with Crippen molar-refractivity contribution in [1.29, 1.82) is 0 Å². The van der Waals surface area contributed by atoms with Crippen molar-refractivity contribution >= 4 is 6.21 Å². The number of rotatable bonds is 4. The maximum absolute atomic E-state index is 5.68. The van der Waals surface area contributed by atoms with Gasteiger partial charge in [-0.3, -0.25) is 0 Å². The van der Waals surface area contributed by atoms with E-state index in [4.69, 9.17) is 4.74 Å². The monoisotopic (exact) mass is 307 g/mol. The van der Waals surface area contributed by atoms with Crippen LogP contribution in [0.1, 0.15) is 67.9 Å². The summed E-state index contributed by atoms with van der Waals surface area (Å²) in [5, 5.41) is 0. The van der Waals surface area contributed by atoms with E-state index >= 15 is 0 Å². The molecule has 0 spiro atoms. The van der Waals surface area contributed by atoms with Gasteiger partial charge in [0.1, 0.15) is 5.75 Å². The Hall–Kier alpha value is -1.57. The molecule has 1 rings (SSSR count). The molecule has 128 valence electrons. The van der Waals surface area contributed by atoms with Gasteiger partial charge >= 0.3 is 0 Å². The molecule has 0 radical (unpaired) electrons. The second-order valence-corrected chi connectivity index (χ2v) is 4.05. The van der Waals surface area contributed by atoms with Gasteiger partial charge in [-0.15, -0.1) is 0 Å². The van der Waals surface area contributed by atoms with Crippen molar-refractivity contribution in [3.05, 3.63) is 41.8 Å². The third-order valence-corrected chi connectivity index (χ3v) is 1.98. The van der Waals surface area contributed by atoms with Crippen molar-refractivity contribution in [2.75, 3.05) is 0 Å². The maximum atomic E-state index is 5.68. The van der Waals surface area contributed by atoms with Crippen LogP contribution in [0.5, 0.6) is 5.75 Å². The Morgan fingerprint density at radius 3 is 1.77 bits per heavy atom. The molecule has 0 atom stereocenters. The number of hydrogen-bond acceptors (Lipinski definition) is 2. The van der Waals surface area contributed by atoms with E-state index in [9.17, 15) is 0 Å². The molecule has 2 heteroatoms. The third kappa shape index (κ3) is 14.8. The highest BCUT2D eigenvalue weighted by Crippen LogP contribution is 2.16. The molecule has 0 amide bonds. The third-order valence-electron chi connectivity index (χ3n) is 1.98. The fourth-order valence-corrected chi connectivity index (χ4v) is 1.24. The second-order valence-electron chi connectivity index (χ2n) is 4.05. The molecule has 0 aliphatic carbocycles. The molecule has 1 aromatic carbocycles. The summed E-state index contributed by atoms with van der Waals surface area (Å²) in [4.78, 5) is 4.20. The SMILES string of the molecule is C/C=N\C(=C/C(C)C)Oc1ccc(C)cc1.CC.CC.CC. The lowest BCUT2D eigenvalue weighted by atomic mass is 10.2. The average Bonchev–Trinajstić information content (AvgIpc) is 2.55. The minimum absolute atomic E-state index is 0.421. The molecule has 1 aromatic rings. The van der Waals surface area contributed by atoms with E-state index < -0.39 is 0 Å². The Morgan fingerprint density at radius 1 is 0.955 bits per heavy atom. The summed E-state index contributed by atoms with van der Waals surface area (Å²) in [5.41, 5.74) is 1.22. The van der Waals surface area contributed by atoms with Crippen LogP contribution in [0, 0.1) is 12.8 Å². The summed E-state index contributed by atoms with van der Waals surface area (Å²) in [6.07, 6.45) is 3.74. The minimum Gasteiger partial charge on any atom is -0.439 e. The van der Waals surface area contributed by atoms with Crippen LogP contribution in [0.2, 0.25) is 0 Å². The lowest BCUT2D eigenvalue weighted by Crippen LogP contribution is -1.95. The summed E-state index contributed by atoms with van der Waals surface area (Å²) in [6.45, 7) is 20.1. The zero-order valence-electron chi connectivity index (χ0n) is 16.4. The predicted molar refractivity (Wildman–Crippen MR) is 103 cm³/mol. The van der Waals surface area contributed by atoms with Gasteiger partial charge in [0.05, 0.1) is 0 Å². The zero-order chi connectivity index (χ0) is 18.0. The van der Waals surface area contributed by atoms with Crippen molar-refractivity contribution in [1.82, 2.24) is 0 Å². The van der Waals surface area contributed by atoms with E-state index in [0.29, 0.717) is 11.8 Å².